The molecule has 0 spiro atoms. The van der Waals surface area contributed by atoms with Crippen molar-refractivity contribution in [1.29, 1.82) is 0 Å². The summed E-state index contributed by atoms with van der Waals surface area (Å²) in [5.74, 6) is 0.456. The first-order valence-corrected chi connectivity index (χ1v) is 9.18. The van der Waals surface area contributed by atoms with Crippen molar-refractivity contribution < 1.29 is 9.53 Å². The van der Waals surface area contributed by atoms with E-state index in [4.69, 9.17) is 4.74 Å². The van der Waals surface area contributed by atoms with Crippen LogP contribution in [0, 0.1) is 13.8 Å². The zero-order valence-corrected chi connectivity index (χ0v) is 16.0. The molecule has 27 heavy (non-hydrogen) atoms. The molecule has 0 aromatic heterocycles. The maximum absolute atomic E-state index is 12.8. The van der Waals surface area contributed by atoms with Gasteiger partial charge in [0.05, 0.1) is 11.6 Å². The number of hydrogen-bond donors (Lipinski definition) is 1. The Kier molecular flexibility index (Phi) is 5.92. The molecule has 3 heteroatoms. The second-order valence-corrected chi connectivity index (χ2v) is 6.83. The Bertz CT molecular complexity index is 919. The van der Waals surface area contributed by atoms with Gasteiger partial charge in [-0.15, -0.1) is 0 Å². The number of para-hydroxylation sites is 1. The maximum atomic E-state index is 12.8. The third-order valence-corrected chi connectivity index (χ3v) is 4.61. The minimum Gasteiger partial charge on any atom is -0.488 e. The molecular formula is C24H25NO2. The molecular weight excluding hydrogens is 334 g/mol. The summed E-state index contributed by atoms with van der Waals surface area (Å²) >= 11 is 0. The Balaban J connectivity index is 1.73. The van der Waals surface area contributed by atoms with E-state index in [1.54, 1.807) is 6.07 Å². The quantitative estimate of drug-likeness (QED) is 0.642. The minimum absolute atomic E-state index is 0.0831. The van der Waals surface area contributed by atoms with E-state index in [1.165, 1.54) is 11.1 Å². The molecule has 3 rings (SSSR count). The van der Waals surface area contributed by atoms with Crippen molar-refractivity contribution in [3.63, 3.8) is 0 Å². The van der Waals surface area contributed by atoms with Crippen LogP contribution in [0.1, 0.15) is 45.6 Å². The minimum atomic E-state index is -0.133. The summed E-state index contributed by atoms with van der Waals surface area (Å²) in [7, 11) is 0. The van der Waals surface area contributed by atoms with Crippen molar-refractivity contribution in [3.8, 4) is 5.75 Å². The fourth-order valence-corrected chi connectivity index (χ4v) is 3.18. The predicted molar refractivity (Wildman–Crippen MR) is 109 cm³/mol. The fourth-order valence-electron chi connectivity index (χ4n) is 3.18. The zero-order chi connectivity index (χ0) is 19.2. The van der Waals surface area contributed by atoms with Crippen LogP contribution < -0.4 is 10.1 Å². The molecule has 0 saturated carbocycles. The van der Waals surface area contributed by atoms with Crippen LogP contribution in [0.15, 0.2) is 72.8 Å². The van der Waals surface area contributed by atoms with E-state index in [2.05, 4.69) is 37.4 Å². The summed E-state index contributed by atoms with van der Waals surface area (Å²) in [6.07, 6.45) is 0. The largest absolute Gasteiger partial charge is 0.488 e. The molecule has 0 bridgehead atoms. The smallest absolute Gasteiger partial charge is 0.255 e. The van der Waals surface area contributed by atoms with Gasteiger partial charge in [0.15, 0.2) is 0 Å². The van der Waals surface area contributed by atoms with Crippen LogP contribution in [0.25, 0.3) is 0 Å². The number of ether oxygens (including phenoxy) is 1. The molecule has 3 aromatic carbocycles. The molecule has 3 nitrogen and oxygen atoms in total. The van der Waals surface area contributed by atoms with Gasteiger partial charge in [0.2, 0.25) is 0 Å². The van der Waals surface area contributed by atoms with E-state index < -0.39 is 0 Å². The normalized spacial score (nSPS) is 11.7. The summed E-state index contributed by atoms with van der Waals surface area (Å²) in [6, 6.07) is 23.5. The fraction of sp³-hybridized carbons (Fsp3) is 0.208. The lowest BCUT2D eigenvalue weighted by molar-refractivity contribution is 0.0935. The van der Waals surface area contributed by atoms with Crippen LogP contribution in [-0.4, -0.2) is 5.91 Å². The third kappa shape index (κ3) is 4.76. The summed E-state index contributed by atoms with van der Waals surface area (Å²) in [5.41, 5.74) is 5.13. The second kappa shape index (κ2) is 8.54. The van der Waals surface area contributed by atoms with Gasteiger partial charge in [-0.2, -0.15) is 0 Å². The summed E-state index contributed by atoms with van der Waals surface area (Å²) < 4.78 is 5.91. The van der Waals surface area contributed by atoms with Gasteiger partial charge in [-0.3, -0.25) is 4.79 Å². The van der Waals surface area contributed by atoms with Crippen LogP contribution in [0.5, 0.6) is 5.75 Å². The standard InChI is InChI=1S/C24H25NO2/c1-17-13-14-21(18(2)15-17)19(3)25-24(26)22-11-7-8-12-23(22)27-16-20-9-5-4-6-10-20/h4-15,19H,16H2,1-3H3,(H,25,26)/t19-/m1/s1. The monoisotopic (exact) mass is 359 g/mol. The van der Waals surface area contributed by atoms with Gasteiger partial charge in [-0.25, -0.2) is 0 Å². The molecule has 1 atom stereocenters. The molecule has 0 saturated heterocycles. The summed E-state index contributed by atoms with van der Waals surface area (Å²) in [6.45, 7) is 6.57. The third-order valence-electron chi connectivity index (χ3n) is 4.61. The molecule has 0 aliphatic heterocycles. The molecule has 0 aliphatic rings. The highest BCUT2D eigenvalue weighted by molar-refractivity contribution is 5.97. The number of amides is 1. The van der Waals surface area contributed by atoms with Crippen molar-refractivity contribution >= 4 is 5.91 Å². The molecule has 0 radical (unpaired) electrons. The van der Waals surface area contributed by atoms with E-state index in [0.29, 0.717) is 17.9 Å². The van der Waals surface area contributed by atoms with Gasteiger partial charge in [-0.1, -0.05) is 66.2 Å². The van der Waals surface area contributed by atoms with Gasteiger partial charge < -0.3 is 10.1 Å². The molecule has 1 N–H and O–H groups in total. The highest BCUT2D eigenvalue weighted by atomic mass is 16.5. The van der Waals surface area contributed by atoms with Crippen molar-refractivity contribution in [2.75, 3.05) is 0 Å². The Morgan fingerprint density at radius 3 is 2.41 bits per heavy atom. The first-order chi connectivity index (χ1) is 13.0. The second-order valence-electron chi connectivity index (χ2n) is 6.83. The summed E-state index contributed by atoms with van der Waals surface area (Å²) in [4.78, 5) is 12.8. The number of rotatable bonds is 6. The lowest BCUT2D eigenvalue weighted by Gasteiger charge is -2.18. The Morgan fingerprint density at radius 1 is 0.963 bits per heavy atom. The lowest BCUT2D eigenvalue weighted by atomic mass is 10.00. The number of aryl methyl sites for hydroxylation is 2. The predicted octanol–water partition coefficient (Wildman–Crippen LogP) is 5.37. The van der Waals surface area contributed by atoms with Crippen LogP contribution in [0.4, 0.5) is 0 Å². The lowest BCUT2D eigenvalue weighted by Crippen LogP contribution is -2.27. The molecule has 138 valence electrons. The zero-order valence-electron chi connectivity index (χ0n) is 16.0. The van der Waals surface area contributed by atoms with Crippen LogP contribution in [0.2, 0.25) is 0 Å². The van der Waals surface area contributed by atoms with E-state index in [0.717, 1.165) is 11.1 Å². The molecule has 0 heterocycles. The molecule has 0 unspecified atom stereocenters. The van der Waals surface area contributed by atoms with E-state index in [1.807, 2.05) is 55.5 Å². The van der Waals surface area contributed by atoms with Gasteiger partial charge in [0.1, 0.15) is 12.4 Å². The van der Waals surface area contributed by atoms with Gasteiger partial charge in [0, 0.05) is 0 Å². The topological polar surface area (TPSA) is 38.3 Å². The SMILES string of the molecule is Cc1ccc([C@@H](C)NC(=O)c2ccccc2OCc2ccccc2)c(C)c1. The number of nitrogens with one attached hydrogen (secondary N) is 1. The number of hydrogen-bond acceptors (Lipinski definition) is 2. The van der Waals surface area contributed by atoms with Crippen molar-refractivity contribution in [2.24, 2.45) is 0 Å². The number of benzene rings is 3. The van der Waals surface area contributed by atoms with E-state index in [-0.39, 0.29) is 11.9 Å². The Morgan fingerprint density at radius 2 is 1.67 bits per heavy atom. The first-order valence-electron chi connectivity index (χ1n) is 9.18. The highest BCUT2D eigenvalue weighted by Crippen LogP contribution is 2.23. The average Bonchev–Trinajstić information content (AvgIpc) is 2.67. The molecule has 1 amide bonds. The molecule has 0 aliphatic carbocycles. The first kappa shape index (κ1) is 18.7. The van der Waals surface area contributed by atoms with Crippen molar-refractivity contribution in [3.05, 3.63) is 101 Å². The van der Waals surface area contributed by atoms with Gasteiger partial charge >= 0.3 is 0 Å². The van der Waals surface area contributed by atoms with Gasteiger partial charge in [0.25, 0.3) is 5.91 Å². The van der Waals surface area contributed by atoms with Crippen LogP contribution in [-0.2, 0) is 6.61 Å². The number of carbonyl (C=O) groups is 1. The van der Waals surface area contributed by atoms with Crippen LogP contribution >= 0.6 is 0 Å². The van der Waals surface area contributed by atoms with Crippen molar-refractivity contribution in [2.45, 2.75) is 33.4 Å². The summed E-state index contributed by atoms with van der Waals surface area (Å²) in [5, 5.41) is 3.09. The number of carbonyl (C=O) groups excluding carboxylic acids is 1. The maximum Gasteiger partial charge on any atom is 0.255 e. The molecule has 3 aromatic rings. The van der Waals surface area contributed by atoms with E-state index in [9.17, 15) is 4.79 Å². The Hall–Kier alpha value is -3.07. The van der Waals surface area contributed by atoms with Crippen molar-refractivity contribution in [1.82, 2.24) is 5.32 Å². The Labute approximate surface area is 161 Å². The molecule has 0 fully saturated rings. The average molecular weight is 359 g/mol. The highest BCUT2D eigenvalue weighted by Gasteiger charge is 2.16. The van der Waals surface area contributed by atoms with Crippen LogP contribution in [0.3, 0.4) is 0 Å². The van der Waals surface area contributed by atoms with Gasteiger partial charge in [-0.05, 0) is 49.6 Å². The van der Waals surface area contributed by atoms with E-state index >= 15 is 0 Å².